The van der Waals surface area contributed by atoms with Gasteiger partial charge in [-0.3, -0.25) is 29.9 Å². The van der Waals surface area contributed by atoms with E-state index in [2.05, 4.69) is 31.3 Å². The van der Waals surface area contributed by atoms with Gasteiger partial charge in [-0.2, -0.15) is 0 Å². The highest BCUT2D eigenvalue weighted by Crippen LogP contribution is 2.12. The maximum Gasteiger partial charge on any atom is 0.251 e. The normalized spacial score (nSPS) is 12.0. The van der Waals surface area contributed by atoms with Crippen LogP contribution in [-0.2, 0) is 20.8 Å². The third-order valence-electron chi connectivity index (χ3n) is 6.77. The van der Waals surface area contributed by atoms with Gasteiger partial charge in [0.1, 0.15) is 0 Å². The van der Waals surface area contributed by atoms with Crippen LogP contribution in [0.2, 0.25) is 0 Å². The van der Waals surface area contributed by atoms with E-state index in [9.17, 15) is 19.2 Å². The molecule has 12 nitrogen and oxygen atoms in total. The largest absolute Gasteiger partial charge is 0.356 e. The van der Waals surface area contributed by atoms with E-state index >= 15 is 0 Å². The van der Waals surface area contributed by atoms with Crippen molar-refractivity contribution in [2.75, 3.05) is 19.6 Å². The number of nitrogens with one attached hydrogen (secondary N) is 4. The number of hydrogen-bond donors (Lipinski definition) is 5. The predicted octanol–water partition coefficient (Wildman–Crippen LogP) is 0.718. The quantitative estimate of drug-likeness (QED) is 0.0867. The molecule has 0 bridgehead atoms. The van der Waals surface area contributed by atoms with Gasteiger partial charge in [-0.15, -0.1) is 5.10 Å². The van der Waals surface area contributed by atoms with Crippen molar-refractivity contribution in [3.8, 4) is 5.69 Å². The zero-order chi connectivity index (χ0) is 30.7. The van der Waals surface area contributed by atoms with Gasteiger partial charge in [-0.25, -0.2) is 4.68 Å². The highest BCUT2D eigenvalue weighted by molar-refractivity contribution is 5.97. The van der Waals surface area contributed by atoms with Gasteiger partial charge in [0.15, 0.2) is 5.78 Å². The van der Waals surface area contributed by atoms with Crippen molar-refractivity contribution >= 4 is 29.3 Å². The van der Waals surface area contributed by atoms with Crippen molar-refractivity contribution in [2.24, 2.45) is 5.73 Å². The number of Topliss-reactive ketones (excluding diaryl/α,β-unsaturated/α-hetero) is 1. The molecule has 0 aliphatic rings. The lowest BCUT2D eigenvalue weighted by Gasteiger charge is -2.15. The van der Waals surface area contributed by atoms with Gasteiger partial charge in [0, 0.05) is 38.4 Å². The third kappa shape index (κ3) is 13.5. The first-order valence-electron chi connectivity index (χ1n) is 14.9. The summed E-state index contributed by atoms with van der Waals surface area (Å²) in [5.41, 5.74) is 7.82. The van der Waals surface area contributed by atoms with Gasteiger partial charge < -0.3 is 16.0 Å². The highest BCUT2D eigenvalue weighted by atomic mass is 16.2. The van der Waals surface area contributed by atoms with E-state index in [0.717, 1.165) is 49.9 Å². The summed E-state index contributed by atoms with van der Waals surface area (Å²) in [7, 11) is 0. The lowest BCUT2D eigenvalue weighted by atomic mass is 10.1. The molecule has 12 heteroatoms. The Morgan fingerprint density at radius 2 is 1.67 bits per heavy atom. The van der Waals surface area contributed by atoms with E-state index in [1.54, 1.807) is 28.9 Å². The minimum Gasteiger partial charge on any atom is -0.356 e. The SMILES string of the molecule is CCC(N)=[NH+]CCCC(NC(=O)c1ccc(-n2cc(CCCCC(=O)NCCCCCNC(C)=O)nn2)cc1)C(C)=O. The first-order chi connectivity index (χ1) is 20.2. The first-order valence-corrected chi connectivity index (χ1v) is 14.9. The lowest BCUT2D eigenvalue weighted by Crippen LogP contribution is -2.75. The van der Waals surface area contributed by atoms with E-state index < -0.39 is 6.04 Å². The number of unbranched alkanes of at least 4 members (excludes halogenated alkanes) is 3. The number of aryl methyl sites for hydroxylation is 1. The fraction of sp³-hybridized carbons (Fsp3) is 0.567. The smallest absolute Gasteiger partial charge is 0.251 e. The molecule has 2 rings (SSSR count). The number of ketones is 1. The molecule has 0 spiro atoms. The second-order valence-electron chi connectivity index (χ2n) is 10.4. The molecule has 230 valence electrons. The van der Waals surface area contributed by atoms with Crippen LogP contribution >= 0.6 is 0 Å². The molecule has 0 saturated carbocycles. The van der Waals surface area contributed by atoms with E-state index in [1.807, 2.05) is 13.1 Å². The van der Waals surface area contributed by atoms with Crippen molar-refractivity contribution in [3.05, 3.63) is 41.7 Å². The summed E-state index contributed by atoms with van der Waals surface area (Å²) in [4.78, 5) is 50.7. The molecular weight excluding hydrogens is 536 g/mol. The number of carbonyl (C=O) groups excluding carboxylic acids is 4. The molecule has 0 radical (unpaired) electrons. The summed E-state index contributed by atoms with van der Waals surface area (Å²) in [5.74, 6) is 0.342. The van der Waals surface area contributed by atoms with Crippen molar-refractivity contribution in [1.82, 2.24) is 30.9 Å². The molecule has 1 unspecified atom stereocenters. The summed E-state index contributed by atoms with van der Waals surface area (Å²) in [6.45, 7) is 6.92. The van der Waals surface area contributed by atoms with Gasteiger partial charge in [-0.1, -0.05) is 12.1 Å². The van der Waals surface area contributed by atoms with E-state index in [4.69, 9.17) is 5.73 Å². The Morgan fingerprint density at radius 3 is 2.33 bits per heavy atom. The Balaban J connectivity index is 1.71. The summed E-state index contributed by atoms with van der Waals surface area (Å²) < 4.78 is 1.65. The van der Waals surface area contributed by atoms with Crippen LogP contribution in [-0.4, -0.2) is 70.0 Å². The first kappa shape index (κ1) is 34.1. The van der Waals surface area contributed by atoms with Gasteiger partial charge >= 0.3 is 0 Å². The summed E-state index contributed by atoms with van der Waals surface area (Å²) in [5, 5.41) is 17.0. The number of carbonyl (C=O) groups is 4. The molecule has 1 aromatic carbocycles. The highest BCUT2D eigenvalue weighted by Gasteiger charge is 2.18. The number of hydrogen-bond acceptors (Lipinski definition) is 6. The molecule has 0 aliphatic carbocycles. The third-order valence-corrected chi connectivity index (χ3v) is 6.77. The molecule has 6 N–H and O–H groups in total. The van der Waals surface area contributed by atoms with Crippen molar-refractivity contribution in [3.63, 3.8) is 0 Å². The number of nitrogens with two attached hydrogens (primary N) is 1. The number of benzene rings is 1. The Hall–Kier alpha value is -4.09. The van der Waals surface area contributed by atoms with Crippen molar-refractivity contribution < 1.29 is 24.2 Å². The fourth-order valence-electron chi connectivity index (χ4n) is 4.20. The Morgan fingerprint density at radius 1 is 0.952 bits per heavy atom. The van der Waals surface area contributed by atoms with Crippen LogP contribution in [0.4, 0.5) is 0 Å². The van der Waals surface area contributed by atoms with Gasteiger partial charge in [0.25, 0.3) is 5.91 Å². The van der Waals surface area contributed by atoms with E-state index in [-0.39, 0.29) is 23.5 Å². The Bertz CT molecular complexity index is 1180. The molecule has 2 aromatic rings. The van der Waals surface area contributed by atoms with E-state index in [1.165, 1.54) is 13.8 Å². The molecule has 0 aliphatic heterocycles. The summed E-state index contributed by atoms with van der Waals surface area (Å²) in [6.07, 6.45) is 9.33. The van der Waals surface area contributed by atoms with Gasteiger partial charge in [-0.05, 0) is 82.6 Å². The molecule has 0 fully saturated rings. The number of rotatable bonds is 20. The zero-order valence-electron chi connectivity index (χ0n) is 25.2. The van der Waals surface area contributed by atoms with Crippen LogP contribution in [0, 0.1) is 0 Å². The summed E-state index contributed by atoms with van der Waals surface area (Å²) >= 11 is 0. The summed E-state index contributed by atoms with van der Waals surface area (Å²) in [6, 6.07) is 6.41. The van der Waals surface area contributed by atoms with Crippen LogP contribution in [0.3, 0.4) is 0 Å². The molecule has 1 heterocycles. The van der Waals surface area contributed by atoms with Crippen LogP contribution < -0.4 is 26.7 Å². The molecule has 42 heavy (non-hydrogen) atoms. The minimum atomic E-state index is -0.558. The molecule has 3 amide bonds. The molecular formula is C30H47N8O4+. The van der Waals surface area contributed by atoms with Crippen LogP contribution in [0.1, 0.15) is 94.6 Å². The fourth-order valence-corrected chi connectivity index (χ4v) is 4.20. The monoisotopic (exact) mass is 583 g/mol. The molecule has 0 saturated heterocycles. The maximum atomic E-state index is 12.7. The standard InChI is InChI=1S/C30H46N8O4/c1-4-28(31)33-20-10-12-27(22(2)39)35-30(42)24-14-16-26(17-15-24)38-21-25(36-37-38)11-6-7-13-29(41)34-19-9-5-8-18-32-23(3)40/h14-17,21,27H,4-13,18-20H2,1-3H3,(H2,31,33)(H,32,40)(H,34,41)(H,35,42)/p+1. The molecule has 1 aromatic heterocycles. The van der Waals surface area contributed by atoms with Gasteiger partial charge in [0.05, 0.1) is 30.2 Å². The minimum absolute atomic E-state index is 0.0182. The Kier molecular flexibility index (Phi) is 15.5. The topological polar surface area (TPSA) is 175 Å². The lowest BCUT2D eigenvalue weighted by molar-refractivity contribution is -0.460. The average molecular weight is 584 g/mol. The number of aromatic nitrogens is 3. The predicted molar refractivity (Wildman–Crippen MR) is 161 cm³/mol. The van der Waals surface area contributed by atoms with Crippen LogP contribution in [0.25, 0.3) is 5.69 Å². The van der Waals surface area contributed by atoms with E-state index in [0.29, 0.717) is 56.7 Å². The second-order valence-corrected chi connectivity index (χ2v) is 10.4. The van der Waals surface area contributed by atoms with Crippen LogP contribution in [0.5, 0.6) is 0 Å². The van der Waals surface area contributed by atoms with Gasteiger partial charge in [0.2, 0.25) is 17.6 Å². The van der Waals surface area contributed by atoms with Crippen LogP contribution in [0.15, 0.2) is 30.5 Å². The number of amidine groups is 1. The maximum absolute atomic E-state index is 12.7. The average Bonchev–Trinajstić information content (AvgIpc) is 3.45. The number of nitrogens with zero attached hydrogens (tertiary/aromatic N) is 3. The zero-order valence-corrected chi connectivity index (χ0v) is 25.2. The number of amides is 3. The van der Waals surface area contributed by atoms with Crippen molar-refractivity contribution in [2.45, 2.75) is 91.0 Å². The second kappa shape index (κ2) is 19.1. The molecule has 1 atom stereocenters. The Labute approximate surface area is 248 Å². The van der Waals surface area contributed by atoms with Crippen molar-refractivity contribution in [1.29, 1.82) is 0 Å².